The molecule has 63 heavy (non-hydrogen) atoms. The third kappa shape index (κ3) is 12.3. The molecule has 2 N–H and O–H groups in total. The molecular formula is C42H41CoN10O8S2-. The summed E-state index contributed by atoms with van der Waals surface area (Å²) >= 11 is 1.51. The third-order valence-corrected chi connectivity index (χ3v) is 11.1. The number of hydrogen-bond acceptors (Lipinski definition) is 15. The van der Waals surface area contributed by atoms with Crippen molar-refractivity contribution < 1.29 is 51.0 Å². The Bertz CT molecular complexity index is 2700. The van der Waals surface area contributed by atoms with E-state index in [-0.39, 0.29) is 76.3 Å². The first-order chi connectivity index (χ1) is 29.5. The van der Waals surface area contributed by atoms with Crippen LogP contribution in [0.15, 0.2) is 129 Å². The number of aryl methyl sites for hydroxylation is 1. The van der Waals surface area contributed by atoms with Crippen molar-refractivity contribution in [2.75, 3.05) is 25.0 Å². The maximum absolute atomic E-state index is 10.9. The summed E-state index contributed by atoms with van der Waals surface area (Å²) in [4.78, 5) is 51.3. The molecule has 0 saturated carbocycles. The van der Waals surface area contributed by atoms with E-state index in [1.165, 1.54) is 58.1 Å². The van der Waals surface area contributed by atoms with Gasteiger partial charge in [-0.2, -0.15) is 4.58 Å². The molecule has 0 fully saturated rings. The fourth-order valence-electron chi connectivity index (χ4n) is 6.25. The van der Waals surface area contributed by atoms with Crippen molar-refractivity contribution in [2.45, 2.75) is 40.0 Å². The average Bonchev–Trinajstić information content (AvgIpc) is 3.96. The van der Waals surface area contributed by atoms with Gasteiger partial charge in [0.15, 0.2) is 17.3 Å². The largest absolute Gasteiger partial charge is 0.506 e. The number of hydrogen-bond donors (Lipinski definition) is 2. The Morgan fingerprint density at radius 3 is 1.73 bits per heavy atom. The van der Waals surface area contributed by atoms with Gasteiger partial charge in [-0.25, -0.2) is 0 Å². The maximum Gasteiger partial charge on any atom is 0.319 e. The summed E-state index contributed by atoms with van der Waals surface area (Å²) in [6.45, 7) is 13.3. The first kappa shape index (κ1) is 48.7. The number of fused-ring (bicyclic) bond motifs is 1. The van der Waals surface area contributed by atoms with Gasteiger partial charge in [-0.3, -0.25) is 40.0 Å². The van der Waals surface area contributed by atoms with Crippen LogP contribution in [0.5, 0.6) is 0 Å². The normalized spacial score (nSPS) is 16.9. The molecule has 7 rings (SSSR count). The fraction of sp³-hybridized carbons (Fsp3) is 0.214. The number of nitro groups is 2. The number of para-hydroxylation sites is 1. The van der Waals surface area contributed by atoms with Crippen molar-refractivity contribution >= 4 is 78.8 Å². The number of anilines is 1. The molecule has 329 valence electrons. The van der Waals surface area contributed by atoms with Gasteiger partial charge in [-0.1, -0.05) is 46.9 Å². The van der Waals surface area contributed by atoms with E-state index in [1.54, 1.807) is 0 Å². The molecule has 0 spiro atoms. The number of carbonyl (C=O) groups excluding carboxylic acids is 2. The molecule has 18 nitrogen and oxygen atoms in total. The van der Waals surface area contributed by atoms with Crippen molar-refractivity contribution in [3.8, 4) is 0 Å². The van der Waals surface area contributed by atoms with E-state index in [0.29, 0.717) is 0 Å². The molecule has 0 saturated heterocycles. The summed E-state index contributed by atoms with van der Waals surface area (Å²) < 4.78 is 2.32. The van der Waals surface area contributed by atoms with Gasteiger partial charge in [0.25, 0.3) is 0 Å². The number of thiazole rings is 2. The summed E-state index contributed by atoms with van der Waals surface area (Å²) in [6, 6.07) is 15.5. The molecular weight excluding hydrogens is 896 g/mol. The summed E-state index contributed by atoms with van der Waals surface area (Å²) in [5.41, 5.74) is 8.17. The van der Waals surface area contributed by atoms with Gasteiger partial charge in [0.05, 0.1) is 15.3 Å². The minimum Gasteiger partial charge on any atom is -0.506 e. The van der Waals surface area contributed by atoms with Crippen LogP contribution in [-0.2, 0) is 31.8 Å². The number of ketones is 2. The van der Waals surface area contributed by atoms with Gasteiger partial charge in [-0.15, -0.1) is 0 Å². The molecule has 2 aromatic carbocycles. The molecule has 3 aliphatic rings. The Hall–Kier alpha value is -6.94. The minimum atomic E-state index is -0.583. The standard InChI is InChI=1S/C24H31N2.2C9H6N4O4S.Co/c1-7-26(8-2)20-15-13-19(18(3)17-20)14-16-23-24(4,5)21-11-9-10-12-22(21)25(23)6;2*14-5-1-2-6(7(15)3-5)11-12-9-10-4-8(18-9)13(16)17;/h9-17H,7-8H2,1-6H3;2*1-4H,(H2,10,12,14,15);/q+1;;;/p-2. The van der Waals surface area contributed by atoms with Gasteiger partial charge in [0.2, 0.25) is 5.69 Å². The molecule has 2 aromatic heterocycles. The van der Waals surface area contributed by atoms with Crippen molar-refractivity contribution in [1.82, 2.24) is 9.97 Å². The fourth-order valence-corrected chi connectivity index (χ4v) is 7.35. The van der Waals surface area contributed by atoms with Crippen molar-refractivity contribution in [1.29, 1.82) is 0 Å². The van der Waals surface area contributed by atoms with Crippen LogP contribution in [-0.4, -0.2) is 73.5 Å². The van der Waals surface area contributed by atoms with E-state index in [2.05, 4.69) is 136 Å². The number of aliphatic hydroxyl groups excluding tert-OH is 2. The van der Waals surface area contributed by atoms with E-state index in [1.807, 2.05) is 0 Å². The molecule has 21 heteroatoms. The number of carbonyl (C=O) groups is 2. The number of nitrogens with zero attached hydrogens (tertiary/aromatic N) is 10. The Balaban J connectivity index is 0.000000211. The van der Waals surface area contributed by atoms with E-state index in [9.17, 15) is 40.0 Å². The second-order valence-electron chi connectivity index (χ2n) is 13.8. The third-order valence-electron chi connectivity index (χ3n) is 9.45. The molecule has 0 bridgehead atoms. The summed E-state index contributed by atoms with van der Waals surface area (Å²) in [5.74, 6) is -1.32. The zero-order chi connectivity index (χ0) is 45.1. The number of aromatic nitrogens is 2. The molecule has 0 unspecified atom stereocenters. The smallest absolute Gasteiger partial charge is 0.319 e. The van der Waals surface area contributed by atoms with E-state index in [0.717, 1.165) is 60.3 Å². The monoisotopic (exact) mass is 936 g/mol. The SMILES string of the molecule is CCN(CC)c1ccc(/C=C/C2=[N+](C)c3ccccc3C2(C)C)c(C)c1.O=C1C=CC(=NN=c2[n-]cc([N+](=O)[O-])s2)C(O)=C1.O=C1C=CC(=NN=c2[n-]cc([N+](=O)[O-])s2)C(O)=C1.[Co]. The number of benzene rings is 2. The molecule has 0 atom stereocenters. The van der Waals surface area contributed by atoms with Gasteiger partial charge < -0.3 is 35.3 Å². The zero-order valence-electron chi connectivity index (χ0n) is 34.7. The molecule has 4 aromatic rings. The van der Waals surface area contributed by atoms with Crippen LogP contribution in [0, 0.1) is 27.2 Å². The summed E-state index contributed by atoms with van der Waals surface area (Å²) in [5, 5.41) is 53.9. The number of aliphatic hydroxyl groups is 2. The van der Waals surface area contributed by atoms with Crippen LogP contribution in [0.4, 0.5) is 21.4 Å². The second-order valence-corrected chi connectivity index (χ2v) is 15.8. The van der Waals surface area contributed by atoms with Gasteiger partial charge >= 0.3 is 10.0 Å². The Morgan fingerprint density at radius 2 is 1.30 bits per heavy atom. The molecule has 2 aliphatic carbocycles. The minimum absolute atomic E-state index is 0. The van der Waals surface area contributed by atoms with Crippen LogP contribution in [0.3, 0.4) is 0 Å². The Morgan fingerprint density at radius 1 is 0.794 bits per heavy atom. The van der Waals surface area contributed by atoms with E-state index >= 15 is 0 Å². The van der Waals surface area contributed by atoms with Crippen LogP contribution in [0.2, 0.25) is 0 Å². The topological polar surface area (TPSA) is 245 Å². The number of rotatable bonds is 9. The second kappa shape index (κ2) is 21.7. The van der Waals surface area contributed by atoms with Crippen LogP contribution in [0.25, 0.3) is 6.08 Å². The average molecular weight is 937 g/mol. The molecule has 1 aliphatic heterocycles. The zero-order valence-corrected chi connectivity index (χ0v) is 37.4. The van der Waals surface area contributed by atoms with E-state index in [4.69, 9.17) is 0 Å². The number of allylic oxidation sites excluding steroid dienone is 7. The maximum atomic E-state index is 10.9. The van der Waals surface area contributed by atoms with Gasteiger partial charge in [0.1, 0.15) is 30.0 Å². The van der Waals surface area contributed by atoms with Crippen molar-refractivity contribution in [3.05, 3.63) is 155 Å². The predicted molar refractivity (Wildman–Crippen MR) is 238 cm³/mol. The van der Waals surface area contributed by atoms with Gasteiger partial charge in [-0.05, 0) is 88.3 Å². The van der Waals surface area contributed by atoms with E-state index < -0.39 is 9.85 Å². The van der Waals surface area contributed by atoms with Crippen LogP contribution < -0.4 is 24.5 Å². The molecule has 1 radical (unpaired) electrons. The quantitative estimate of drug-likeness (QED) is 0.0798. The van der Waals surface area contributed by atoms with Crippen LogP contribution in [0.1, 0.15) is 44.4 Å². The summed E-state index contributed by atoms with van der Waals surface area (Å²) in [7, 11) is 2.17. The van der Waals surface area contributed by atoms with Crippen molar-refractivity contribution in [3.63, 3.8) is 0 Å². The first-order valence-corrected chi connectivity index (χ1v) is 20.4. The van der Waals surface area contributed by atoms with Crippen molar-refractivity contribution in [2.24, 2.45) is 20.4 Å². The first-order valence-electron chi connectivity index (χ1n) is 18.8. The van der Waals surface area contributed by atoms with Gasteiger partial charge in [0, 0.05) is 87.4 Å². The Labute approximate surface area is 379 Å². The Kier molecular flexibility index (Phi) is 16.8. The predicted octanol–water partition coefficient (Wildman–Crippen LogP) is 6.46. The summed E-state index contributed by atoms with van der Waals surface area (Å²) in [6.07, 6.45) is 13.7. The molecule has 3 heterocycles. The molecule has 0 amide bonds. The van der Waals surface area contributed by atoms with Crippen LogP contribution >= 0.6 is 22.7 Å².